The molecule has 7 heteroatoms. The lowest BCUT2D eigenvalue weighted by Gasteiger charge is -2.23. The average molecular weight is 377 g/mol. The van der Waals surface area contributed by atoms with Crippen LogP contribution in [0.15, 0.2) is 47.4 Å². The number of benzene rings is 2. The van der Waals surface area contributed by atoms with Crippen LogP contribution in [0.25, 0.3) is 0 Å². The normalized spacial score (nSPS) is 14.3. The lowest BCUT2D eigenvalue weighted by atomic mass is 10.1. The van der Waals surface area contributed by atoms with E-state index in [4.69, 9.17) is 14.2 Å². The molecule has 0 aliphatic heterocycles. The van der Waals surface area contributed by atoms with Gasteiger partial charge in [0.2, 0.25) is 15.8 Å². The van der Waals surface area contributed by atoms with Crippen molar-refractivity contribution in [3.8, 4) is 17.2 Å². The highest BCUT2D eigenvalue weighted by Gasteiger charge is 2.38. The summed E-state index contributed by atoms with van der Waals surface area (Å²) in [5, 5.41) is 0. The van der Waals surface area contributed by atoms with Gasteiger partial charge in [0.05, 0.1) is 26.2 Å². The minimum Gasteiger partial charge on any atom is -0.493 e. The van der Waals surface area contributed by atoms with E-state index in [9.17, 15) is 8.42 Å². The molecule has 0 saturated heterocycles. The molecule has 3 rings (SSSR count). The third-order valence-electron chi connectivity index (χ3n) is 4.37. The standard InChI is InChI=1S/C19H23NO5S/c1-23-17-11-14(12-18(24-2)19(17)25-3)13-20(15-9-10-15)26(21,22)16-7-5-4-6-8-16/h4-8,11-12,15H,9-10,13H2,1-3H3. The third-order valence-corrected chi connectivity index (χ3v) is 6.28. The van der Waals surface area contributed by atoms with E-state index in [-0.39, 0.29) is 12.6 Å². The van der Waals surface area contributed by atoms with Gasteiger partial charge in [0, 0.05) is 12.6 Å². The van der Waals surface area contributed by atoms with Crippen molar-refractivity contribution in [1.82, 2.24) is 4.31 Å². The molecule has 0 bridgehead atoms. The predicted octanol–water partition coefficient (Wildman–Crippen LogP) is 3.07. The van der Waals surface area contributed by atoms with Crippen molar-refractivity contribution in [3.05, 3.63) is 48.0 Å². The first-order valence-electron chi connectivity index (χ1n) is 8.37. The molecule has 0 amide bonds. The van der Waals surface area contributed by atoms with Crippen molar-refractivity contribution >= 4 is 10.0 Å². The maximum absolute atomic E-state index is 13.1. The van der Waals surface area contributed by atoms with Gasteiger partial charge in [-0.15, -0.1) is 0 Å². The molecule has 26 heavy (non-hydrogen) atoms. The Balaban J connectivity index is 1.97. The second-order valence-electron chi connectivity index (χ2n) is 6.13. The van der Waals surface area contributed by atoms with Gasteiger partial charge in [-0.05, 0) is 42.7 Å². The molecule has 1 saturated carbocycles. The first-order valence-corrected chi connectivity index (χ1v) is 9.81. The minimum atomic E-state index is -3.57. The molecular weight excluding hydrogens is 354 g/mol. The number of nitrogens with zero attached hydrogens (tertiary/aromatic N) is 1. The Kier molecular flexibility index (Phi) is 5.38. The second kappa shape index (κ2) is 7.55. The number of hydrogen-bond acceptors (Lipinski definition) is 5. The highest BCUT2D eigenvalue weighted by Crippen LogP contribution is 2.40. The topological polar surface area (TPSA) is 65.1 Å². The molecule has 0 N–H and O–H groups in total. The van der Waals surface area contributed by atoms with Gasteiger partial charge in [-0.25, -0.2) is 8.42 Å². The molecule has 2 aromatic carbocycles. The molecule has 1 aliphatic carbocycles. The van der Waals surface area contributed by atoms with Crippen molar-refractivity contribution in [2.75, 3.05) is 21.3 Å². The molecule has 0 atom stereocenters. The van der Waals surface area contributed by atoms with Gasteiger partial charge in [0.25, 0.3) is 0 Å². The molecular formula is C19H23NO5S. The van der Waals surface area contributed by atoms with Gasteiger partial charge in [0.1, 0.15) is 0 Å². The Labute approximate surface area is 154 Å². The molecule has 0 heterocycles. The van der Waals surface area contributed by atoms with Crippen LogP contribution in [0.1, 0.15) is 18.4 Å². The SMILES string of the molecule is COc1cc(CN(C2CC2)S(=O)(=O)c2ccccc2)cc(OC)c1OC. The third kappa shape index (κ3) is 3.64. The van der Waals surface area contributed by atoms with Gasteiger partial charge in [-0.1, -0.05) is 18.2 Å². The van der Waals surface area contributed by atoms with Gasteiger partial charge in [0.15, 0.2) is 11.5 Å². The second-order valence-corrected chi connectivity index (χ2v) is 8.02. The number of ether oxygens (including phenoxy) is 3. The van der Waals surface area contributed by atoms with Crippen LogP contribution >= 0.6 is 0 Å². The zero-order valence-electron chi connectivity index (χ0n) is 15.1. The largest absolute Gasteiger partial charge is 0.493 e. The lowest BCUT2D eigenvalue weighted by molar-refractivity contribution is 0.322. The fraction of sp³-hybridized carbons (Fsp3) is 0.368. The maximum atomic E-state index is 13.1. The highest BCUT2D eigenvalue weighted by atomic mass is 32.2. The summed E-state index contributed by atoms with van der Waals surface area (Å²) in [6.45, 7) is 0.249. The van der Waals surface area contributed by atoms with Crippen molar-refractivity contribution in [2.24, 2.45) is 0 Å². The zero-order chi connectivity index (χ0) is 18.7. The molecule has 0 spiro atoms. The van der Waals surface area contributed by atoms with Crippen LogP contribution in [0.5, 0.6) is 17.2 Å². The summed E-state index contributed by atoms with van der Waals surface area (Å²) < 4.78 is 43.8. The first-order chi connectivity index (χ1) is 12.5. The van der Waals surface area contributed by atoms with Crippen LogP contribution in [0.4, 0.5) is 0 Å². The highest BCUT2D eigenvalue weighted by molar-refractivity contribution is 7.89. The summed E-state index contributed by atoms with van der Waals surface area (Å²) in [6, 6.07) is 12.1. The fourth-order valence-electron chi connectivity index (χ4n) is 2.91. The van der Waals surface area contributed by atoms with E-state index in [0.717, 1.165) is 18.4 Å². The molecule has 0 radical (unpaired) electrons. The van der Waals surface area contributed by atoms with Crippen LogP contribution in [-0.4, -0.2) is 40.1 Å². The van der Waals surface area contributed by atoms with Crippen molar-refractivity contribution in [1.29, 1.82) is 0 Å². The Bertz CT molecular complexity index is 838. The quantitative estimate of drug-likeness (QED) is 0.707. The van der Waals surface area contributed by atoms with Crippen molar-refractivity contribution < 1.29 is 22.6 Å². The van der Waals surface area contributed by atoms with Crippen LogP contribution < -0.4 is 14.2 Å². The molecule has 0 unspecified atom stereocenters. The molecule has 1 aliphatic rings. The van der Waals surface area contributed by atoms with Gasteiger partial charge in [-0.2, -0.15) is 4.31 Å². The van der Waals surface area contributed by atoms with E-state index in [1.54, 1.807) is 61.0 Å². The van der Waals surface area contributed by atoms with E-state index < -0.39 is 10.0 Å². The Morgan fingerprint density at radius 3 is 2.00 bits per heavy atom. The number of rotatable bonds is 8. The minimum absolute atomic E-state index is 0.0271. The summed E-state index contributed by atoms with van der Waals surface area (Å²) >= 11 is 0. The molecule has 140 valence electrons. The number of methoxy groups -OCH3 is 3. The molecule has 6 nitrogen and oxygen atoms in total. The van der Waals surface area contributed by atoms with Gasteiger partial charge in [-0.3, -0.25) is 0 Å². The smallest absolute Gasteiger partial charge is 0.243 e. The van der Waals surface area contributed by atoms with E-state index in [1.807, 2.05) is 0 Å². The van der Waals surface area contributed by atoms with E-state index >= 15 is 0 Å². The average Bonchev–Trinajstić information content (AvgIpc) is 3.50. The molecule has 1 fully saturated rings. The number of sulfonamides is 1. The number of hydrogen-bond donors (Lipinski definition) is 0. The monoisotopic (exact) mass is 377 g/mol. The van der Waals surface area contributed by atoms with E-state index in [2.05, 4.69) is 0 Å². The Morgan fingerprint density at radius 2 is 1.54 bits per heavy atom. The van der Waals surface area contributed by atoms with Crippen molar-refractivity contribution in [2.45, 2.75) is 30.3 Å². The van der Waals surface area contributed by atoms with Gasteiger partial charge >= 0.3 is 0 Å². The van der Waals surface area contributed by atoms with Crippen molar-refractivity contribution in [3.63, 3.8) is 0 Å². The summed E-state index contributed by atoms with van der Waals surface area (Å²) in [7, 11) is 1.05. The molecule has 0 aromatic heterocycles. The Morgan fingerprint density at radius 1 is 0.962 bits per heavy atom. The lowest BCUT2D eigenvalue weighted by Crippen LogP contribution is -2.32. The van der Waals surface area contributed by atoms with E-state index in [1.165, 1.54) is 7.11 Å². The summed E-state index contributed by atoms with van der Waals surface area (Å²) in [4.78, 5) is 0.305. The summed E-state index contributed by atoms with van der Waals surface area (Å²) in [6.07, 6.45) is 1.74. The maximum Gasteiger partial charge on any atom is 0.243 e. The van der Waals surface area contributed by atoms with Crippen LogP contribution in [0.3, 0.4) is 0 Å². The zero-order valence-corrected chi connectivity index (χ0v) is 16.0. The van der Waals surface area contributed by atoms with Crippen LogP contribution in [0.2, 0.25) is 0 Å². The summed E-state index contributed by atoms with van der Waals surface area (Å²) in [5.41, 5.74) is 0.783. The first kappa shape index (κ1) is 18.5. The van der Waals surface area contributed by atoms with Crippen LogP contribution in [-0.2, 0) is 16.6 Å². The van der Waals surface area contributed by atoms with E-state index in [0.29, 0.717) is 22.1 Å². The predicted molar refractivity (Wildman–Crippen MR) is 98.3 cm³/mol. The molecule has 2 aromatic rings. The van der Waals surface area contributed by atoms with Crippen LogP contribution in [0, 0.1) is 0 Å². The fourth-order valence-corrected chi connectivity index (χ4v) is 4.60. The van der Waals surface area contributed by atoms with Gasteiger partial charge < -0.3 is 14.2 Å². The Hall–Kier alpha value is -2.25. The summed E-state index contributed by atoms with van der Waals surface area (Å²) in [5.74, 6) is 1.51.